The molecular formula is C11H15NO2S. The summed E-state index contributed by atoms with van der Waals surface area (Å²) in [6.07, 6.45) is 2.21. The molecule has 0 bridgehead atoms. The highest BCUT2D eigenvalue weighted by Crippen LogP contribution is 2.14. The van der Waals surface area contributed by atoms with Gasteiger partial charge in [0.25, 0.3) is 0 Å². The Morgan fingerprint density at radius 1 is 1.60 bits per heavy atom. The fourth-order valence-corrected chi connectivity index (χ4v) is 2.44. The van der Waals surface area contributed by atoms with Crippen molar-refractivity contribution in [2.24, 2.45) is 0 Å². The maximum absolute atomic E-state index is 11.5. The molecule has 1 aromatic rings. The van der Waals surface area contributed by atoms with E-state index in [1.54, 1.807) is 16.2 Å². The lowest BCUT2D eigenvalue weighted by Gasteiger charge is -2.35. The first-order valence-corrected chi connectivity index (χ1v) is 6.12. The zero-order chi connectivity index (χ0) is 10.7. The van der Waals surface area contributed by atoms with E-state index < -0.39 is 0 Å². The molecular weight excluding hydrogens is 210 g/mol. The van der Waals surface area contributed by atoms with Crippen molar-refractivity contribution in [3.05, 3.63) is 22.4 Å². The number of rotatable bonds is 4. The van der Waals surface area contributed by atoms with Crippen molar-refractivity contribution in [1.82, 2.24) is 4.90 Å². The second-order valence-electron chi connectivity index (χ2n) is 3.89. The summed E-state index contributed by atoms with van der Waals surface area (Å²) >= 11 is 1.74. The van der Waals surface area contributed by atoms with Gasteiger partial charge in [-0.2, -0.15) is 0 Å². The van der Waals surface area contributed by atoms with E-state index in [0.717, 1.165) is 12.8 Å². The summed E-state index contributed by atoms with van der Waals surface area (Å²) < 4.78 is 0. The van der Waals surface area contributed by atoms with Gasteiger partial charge in [-0.1, -0.05) is 6.07 Å². The predicted octanol–water partition coefficient (Wildman–Crippen LogP) is 1.27. The summed E-state index contributed by atoms with van der Waals surface area (Å²) in [6.45, 7) is 1.05. The van der Waals surface area contributed by atoms with E-state index in [1.165, 1.54) is 4.88 Å². The van der Waals surface area contributed by atoms with Crippen molar-refractivity contribution < 1.29 is 9.90 Å². The molecule has 3 nitrogen and oxygen atoms in total. The SMILES string of the molecule is O=C(CCCc1cccs1)N1CC(O)C1. The fraction of sp³-hybridized carbons (Fsp3) is 0.545. The van der Waals surface area contributed by atoms with Gasteiger partial charge in [-0.25, -0.2) is 0 Å². The third-order valence-corrected chi connectivity index (χ3v) is 3.55. The van der Waals surface area contributed by atoms with Crippen LogP contribution >= 0.6 is 11.3 Å². The minimum absolute atomic E-state index is 0.178. The molecule has 2 heterocycles. The topological polar surface area (TPSA) is 40.5 Å². The number of nitrogens with zero attached hydrogens (tertiary/aromatic N) is 1. The van der Waals surface area contributed by atoms with Crippen LogP contribution in [0.25, 0.3) is 0 Å². The average Bonchev–Trinajstić information content (AvgIpc) is 2.65. The predicted molar refractivity (Wildman–Crippen MR) is 59.8 cm³/mol. The second kappa shape index (κ2) is 4.77. The van der Waals surface area contributed by atoms with Gasteiger partial charge < -0.3 is 10.0 Å². The van der Waals surface area contributed by atoms with Crippen molar-refractivity contribution in [1.29, 1.82) is 0 Å². The molecule has 1 fully saturated rings. The number of hydrogen-bond acceptors (Lipinski definition) is 3. The van der Waals surface area contributed by atoms with Crippen LogP contribution in [0.5, 0.6) is 0 Å². The lowest BCUT2D eigenvalue weighted by Crippen LogP contribution is -2.53. The minimum Gasteiger partial charge on any atom is -0.389 e. The van der Waals surface area contributed by atoms with E-state index in [4.69, 9.17) is 5.11 Å². The zero-order valence-corrected chi connectivity index (χ0v) is 9.37. The monoisotopic (exact) mass is 225 g/mol. The van der Waals surface area contributed by atoms with Gasteiger partial charge in [-0.3, -0.25) is 4.79 Å². The van der Waals surface area contributed by atoms with Gasteiger partial charge in [0.1, 0.15) is 0 Å². The van der Waals surface area contributed by atoms with Gasteiger partial charge in [-0.15, -0.1) is 11.3 Å². The third kappa shape index (κ3) is 2.79. The summed E-state index contributed by atoms with van der Waals surface area (Å²) in [5.41, 5.74) is 0. The number of aliphatic hydroxyl groups is 1. The molecule has 1 aliphatic rings. The van der Waals surface area contributed by atoms with Crippen LogP contribution in [-0.2, 0) is 11.2 Å². The number of amides is 1. The molecule has 1 aliphatic heterocycles. The Labute approximate surface area is 93.3 Å². The van der Waals surface area contributed by atoms with Crippen molar-refractivity contribution >= 4 is 17.2 Å². The molecule has 2 rings (SSSR count). The van der Waals surface area contributed by atoms with Crippen LogP contribution in [0.1, 0.15) is 17.7 Å². The van der Waals surface area contributed by atoms with Crippen LogP contribution in [-0.4, -0.2) is 35.1 Å². The quantitative estimate of drug-likeness (QED) is 0.838. The molecule has 0 aromatic carbocycles. The number of carbonyl (C=O) groups is 1. The van der Waals surface area contributed by atoms with Gasteiger partial charge in [0, 0.05) is 24.4 Å². The summed E-state index contributed by atoms with van der Waals surface area (Å²) in [4.78, 5) is 14.6. The Balaban J connectivity index is 1.64. The number of β-amino-alcohol motifs (C(OH)–C–C–N with tert-alkyl or cyclic N) is 1. The highest BCUT2D eigenvalue weighted by molar-refractivity contribution is 7.09. The summed E-state index contributed by atoms with van der Waals surface area (Å²) in [7, 11) is 0. The lowest BCUT2D eigenvalue weighted by molar-refractivity contribution is -0.141. The molecule has 82 valence electrons. The number of carbonyl (C=O) groups excluding carboxylic acids is 1. The molecule has 1 saturated heterocycles. The van der Waals surface area contributed by atoms with Crippen molar-refractivity contribution in [2.45, 2.75) is 25.4 Å². The summed E-state index contributed by atoms with van der Waals surface area (Å²) in [5.74, 6) is 0.178. The van der Waals surface area contributed by atoms with Crippen LogP contribution in [0.4, 0.5) is 0 Å². The second-order valence-corrected chi connectivity index (χ2v) is 4.92. The van der Waals surface area contributed by atoms with Gasteiger partial charge in [-0.05, 0) is 24.3 Å². The third-order valence-electron chi connectivity index (χ3n) is 2.61. The van der Waals surface area contributed by atoms with Gasteiger partial charge in [0.15, 0.2) is 0 Å². The molecule has 0 radical (unpaired) electrons. The summed E-state index contributed by atoms with van der Waals surface area (Å²) in [5, 5.41) is 11.1. The van der Waals surface area contributed by atoms with Crippen LogP contribution in [0.3, 0.4) is 0 Å². The average molecular weight is 225 g/mol. The number of aliphatic hydroxyl groups excluding tert-OH is 1. The van der Waals surface area contributed by atoms with Crippen LogP contribution < -0.4 is 0 Å². The Hall–Kier alpha value is -0.870. The highest BCUT2D eigenvalue weighted by atomic mass is 32.1. The molecule has 1 amide bonds. The van der Waals surface area contributed by atoms with Gasteiger partial charge >= 0.3 is 0 Å². The van der Waals surface area contributed by atoms with E-state index in [1.807, 2.05) is 6.07 Å². The van der Waals surface area contributed by atoms with E-state index in [0.29, 0.717) is 19.5 Å². The molecule has 0 unspecified atom stereocenters. The Morgan fingerprint density at radius 3 is 3.00 bits per heavy atom. The normalized spacial score (nSPS) is 16.5. The number of aryl methyl sites for hydroxylation is 1. The van der Waals surface area contributed by atoms with E-state index in [9.17, 15) is 4.79 Å². The molecule has 0 atom stereocenters. The van der Waals surface area contributed by atoms with Crippen molar-refractivity contribution in [3.63, 3.8) is 0 Å². The summed E-state index contributed by atoms with van der Waals surface area (Å²) in [6, 6.07) is 4.14. The minimum atomic E-state index is -0.286. The van der Waals surface area contributed by atoms with Crippen LogP contribution in [0.15, 0.2) is 17.5 Å². The first-order valence-electron chi connectivity index (χ1n) is 5.24. The molecule has 0 saturated carbocycles. The Bertz CT molecular complexity index is 317. The maximum atomic E-state index is 11.5. The standard InChI is InChI=1S/C11H15NO2S/c13-9-7-12(8-9)11(14)5-1-3-10-4-2-6-15-10/h2,4,6,9,13H,1,3,5,7-8H2. The fourth-order valence-electron chi connectivity index (χ4n) is 1.69. The number of likely N-dealkylation sites (tertiary alicyclic amines) is 1. The highest BCUT2D eigenvalue weighted by Gasteiger charge is 2.27. The Kier molecular flexibility index (Phi) is 3.38. The van der Waals surface area contributed by atoms with E-state index in [2.05, 4.69) is 11.4 Å². The van der Waals surface area contributed by atoms with Gasteiger partial charge in [0.2, 0.25) is 5.91 Å². The lowest BCUT2D eigenvalue weighted by atomic mass is 10.1. The Morgan fingerprint density at radius 2 is 2.40 bits per heavy atom. The molecule has 0 spiro atoms. The van der Waals surface area contributed by atoms with Gasteiger partial charge in [0.05, 0.1) is 6.10 Å². The zero-order valence-electron chi connectivity index (χ0n) is 8.56. The van der Waals surface area contributed by atoms with E-state index in [-0.39, 0.29) is 12.0 Å². The molecule has 0 aliphatic carbocycles. The van der Waals surface area contributed by atoms with Crippen LogP contribution in [0.2, 0.25) is 0 Å². The first-order chi connectivity index (χ1) is 7.25. The largest absolute Gasteiger partial charge is 0.389 e. The first kappa shape index (κ1) is 10.6. The molecule has 1 aromatic heterocycles. The molecule has 1 N–H and O–H groups in total. The molecule has 4 heteroatoms. The van der Waals surface area contributed by atoms with Crippen LogP contribution in [0, 0.1) is 0 Å². The maximum Gasteiger partial charge on any atom is 0.222 e. The number of thiophene rings is 1. The van der Waals surface area contributed by atoms with E-state index >= 15 is 0 Å². The molecule has 15 heavy (non-hydrogen) atoms. The number of hydrogen-bond donors (Lipinski definition) is 1. The smallest absolute Gasteiger partial charge is 0.222 e. The van der Waals surface area contributed by atoms with Crippen molar-refractivity contribution in [3.8, 4) is 0 Å². The van der Waals surface area contributed by atoms with Crippen molar-refractivity contribution in [2.75, 3.05) is 13.1 Å².